The fourth-order valence-electron chi connectivity index (χ4n) is 2.61. The molecule has 0 amide bonds. The average molecular weight is 280 g/mol. The van der Waals surface area contributed by atoms with Crippen LogP contribution in [0.2, 0.25) is 0 Å². The van der Waals surface area contributed by atoms with Crippen molar-refractivity contribution in [1.29, 1.82) is 0 Å². The van der Waals surface area contributed by atoms with E-state index in [-0.39, 0.29) is 33.8 Å². The summed E-state index contributed by atoms with van der Waals surface area (Å²) >= 11 is 0. The molecule has 0 unspecified atom stereocenters. The second-order valence-electron chi connectivity index (χ2n) is 4.85. The lowest BCUT2D eigenvalue weighted by Crippen LogP contribution is -2.21. The van der Waals surface area contributed by atoms with E-state index in [9.17, 15) is 19.8 Å². The van der Waals surface area contributed by atoms with Crippen LogP contribution in [0.4, 0.5) is 0 Å². The number of fused-ring (bicyclic) bond motifs is 2. The summed E-state index contributed by atoms with van der Waals surface area (Å²) in [6.45, 7) is 3.59. The van der Waals surface area contributed by atoms with Gasteiger partial charge in [-0.15, -0.1) is 6.58 Å². The Kier molecular flexibility index (Phi) is 2.87. The summed E-state index contributed by atoms with van der Waals surface area (Å²) in [5.41, 5.74) is 0.745. The summed E-state index contributed by atoms with van der Waals surface area (Å²) < 4.78 is 0. The molecule has 1 aliphatic rings. The Labute approximate surface area is 121 Å². The number of phenolic OH excluding ortho intramolecular Hbond substituents is 2. The van der Waals surface area contributed by atoms with Crippen molar-refractivity contribution in [3.8, 4) is 11.5 Å². The summed E-state index contributed by atoms with van der Waals surface area (Å²) in [6.07, 6.45) is 2.00. The number of rotatable bonds is 2. The van der Waals surface area contributed by atoms with Crippen LogP contribution in [0.3, 0.4) is 0 Å². The van der Waals surface area contributed by atoms with E-state index >= 15 is 0 Å². The fourth-order valence-corrected chi connectivity index (χ4v) is 2.61. The van der Waals surface area contributed by atoms with Gasteiger partial charge in [-0.3, -0.25) is 9.59 Å². The van der Waals surface area contributed by atoms with Crippen LogP contribution in [0, 0.1) is 0 Å². The lowest BCUT2D eigenvalue weighted by Gasteiger charge is -2.20. The largest absolute Gasteiger partial charge is 0.507 e. The molecule has 1 aliphatic carbocycles. The predicted octanol–water partition coefficient (Wildman–Crippen LogP) is 2.60. The molecular weight excluding hydrogens is 268 g/mol. The van der Waals surface area contributed by atoms with Gasteiger partial charge in [0.25, 0.3) is 0 Å². The van der Waals surface area contributed by atoms with E-state index in [2.05, 4.69) is 6.58 Å². The number of aromatic hydroxyl groups is 2. The number of carbonyl (C=O) groups is 2. The van der Waals surface area contributed by atoms with E-state index in [0.717, 1.165) is 0 Å². The van der Waals surface area contributed by atoms with Gasteiger partial charge in [-0.05, 0) is 24.1 Å². The Balaban J connectivity index is 2.30. The van der Waals surface area contributed by atoms with Gasteiger partial charge < -0.3 is 10.2 Å². The van der Waals surface area contributed by atoms with Crippen LogP contribution in [0.25, 0.3) is 0 Å². The summed E-state index contributed by atoms with van der Waals surface area (Å²) in [7, 11) is 0. The first-order chi connectivity index (χ1) is 10.1. The molecule has 0 aliphatic heterocycles. The number of carbonyl (C=O) groups excluding carboxylic acids is 2. The first kappa shape index (κ1) is 13.1. The molecular formula is C17H12O4. The number of hydrogen-bond donors (Lipinski definition) is 2. The van der Waals surface area contributed by atoms with Crippen molar-refractivity contribution in [2.75, 3.05) is 0 Å². The molecule has 0 saturated carbocycles. The van der Waals surface area contributed by atoms with Gasteiger partial charge in [-0.2, -0.15) is 0 Å². The monoisotopic (exact) mass is 280 g/mol. The molecule has 104 valence electrons. The highest BCUT2D eigenvalue weighted by Gasteiger charge is 2.34. The molecule has 0 aromatic heterocycles. The highest BCUT2D eigenvalue weighted by Crippen LogP contribution is 2.37. The average Bonchev–Trinajstić information content (AvgIpc) is 2.47. The zero-order chi connectivity index (χ0) is 15.1. The Bertz CT molecular complexity index is 803. The molecule has 2 aromatic rings. The summed E-state index contributed by atoms with van der Waals surface area (Å²) in [5, 5.41) is 20.1. The van der Waals surface area contributed by atoms with Crippen molar-refractivity contribution in [1.82, 2.24) is 0 Å². The third-order valence-corrected chi connectivity index (χ3v) is 3.61. The molecule has 4 heteroatoms. The number of hydrogen-bond acceptors (Lipinski definition) is 4. The molecule has 2 N–H and O–H groups in total. The van der Waals surface area contributed by atoms with E-state index in [1.807, 2.05) is 0 Å². The van der Waals surface area contributed by atoms with Crippen molar-refractivity contribution in [3.63, 3.8) is 0 Å². The second kappa shape index (κ2) is 4.59. The third-order valence-electron chi connectivity index (χ3n) is 3.61. The minimum atomic E-state index is -0.460. The van der Waals surface area contributed by atoms with E-state index in [1.165, 1.54) is 24.3 Å². The molecule has 21 heavy (non-hydrogen) atoms. The molecule has 4 nitrogen and oxygen atoms in total. The molecule has 2 aromatic carbocycles. The zero-order valence-electron chi connectivity index (χ0n) is 11.1. The maximum Gasteiger partial charge on any atom is 0.198 e. The molecule has 3 rings (SSSR count). The smallest absolute Gasteiger partial charge is 0.198 e. The number of allylic oxidation sites excluding steroid dienone is 1. The van der Waals surface area contributed by atoms with E-state index in [4.69, 9.17) is 0 Å². The SMILES string of the molecule is C=CCc1ccc2c(c1O)C(=O)c1cccc(O)c1C2=O. The minimum Gasteiger partial charge on any atom is -0.507 e. The van der Waals surface area contributed by atoms with E-state index in [1.54, 1.807) is 12.1 Å². The topological polar surface area (TPSA) is 74.6 Å². The van der Waals surface area contributed by atoms with Gasteiger partial charge in [0.15, 0.2) is 11.6 Å². The normalized spacial score (nSPS) is 12.8. The lowest BCUT2D eigenvalue weighted by atomic mass is 9.82. The first-order valence-corrected chi connectivity index (χ1v) is 6.43. The Morgan fingerprint density at radius 3 is 2.33 bits per heavy atom. The van der Waals surface area contributed by atoms with Gasteiger partial charge in [0.05, 0.1) is 11.1 Å². The van der Waals surface area contributed by atoms with Crippen LogP contribution < -0.4 is 0 Å². The van der Waals surface area contributed by atoms with Gasteiger partial charge in [0.2, 0.25) is 0 Å². The maximum atomic E-state index is 12.5. The molecule has 0 heterocycles. The van der Waals surface area contributed by atoms with Crippen LogP contribution in [0.15, 0.2) is 43.0 Å². The Hall–Kier alpha value is -2.88. The van der Waals surface area contributed by atoms with Crippen molar-refractivity contribution in [3.05, 3.63) is 70.8 Å². The maximum absolute atomic E-state index is 12.5. The molecule has 0 spiro atoms. The molecule has 0 fully saturated rings. The summed E-state index contributed by atoms with van der Waals surface area (Å²) in [4.78, 5) is 25.0. The Morgan fingerprint density at radius 1 is 0.952 bits per heavy atom. The molecule has 0 bridgehead atoms. The van der Waals surface area contributed by atoms with E-state index < -0.39 is 11.6 Å². The predicted molar refractivity (Wildman–Crippen MR) is 77.0 cm³/mol. The van der Waals surface area contributed by atoms with Crippen molar-refractivity contribution in [2.45, 2.75) is 6.42 Å². The van der Waals surface area contributed by atoms with Gasteiger partial charge in [0.1, 0.15) is 11.5 Å². The van der Waals surface area contributed by atoms with Crippen molar-refractivity contribution >= 4 is 11.6 Å². The Morgan fingerprint density at radius 2 is 1.62 bits per heavy atom. The number of benzene rings is 2. The van der Waals surface area contributed by atoms with Crippen LogP contribution in [0.1, 0.15) is 37.4 Å². The molecule has 0 atom stereocenters. The number of phenols is 2. The van der Waals surface area contributed by atoms with Crippen LogP contribution in [-0.2, 0) is 6.42 Å². The highest BCUT2D eigenvalue weighted by molar-refractivity contribution is 6.30. The fraction of sp³-hybridized carbons (Fsp3) is 0.0588. The second-order valence-corrected chi connectivity index (χ2v) is 4.85. The quantitative estimate of drug-likeness (QED) is 0.708. The van der Waals surface area contributed by atoms with Crippen molar-refractivity contribution in [2.24, 2.45) is 0 Å². The minimum absolute atomic E-state index is 0.00236. The molecule has 0 radical (unpaired) electrons. The standard InChI is InChI=1S/C17H12O4/c1-2-4-9-7-8-11-14(15(9)19)17(21)10-5-3-6-12(18)13(10)16(11)20/h2-3,5-8,18-19H,1,4H2. The van der Waals surface area contributed by atoms with Crippen LogP contribution >= 0.6 is 0 Å². The highest BCUT2D eigenvalue weighted by atomic mass is 16.3. The summed E-state index contributed by atoms with van der Waals surface area (Å²) in [6, 6.07) is 7.42. The zero-order valence-corrected chi connectivity index (χ0v) is 11.1. The third kappa shape index (κ3) is 1.76. The summed E-state index contributed by atoms with van der Waals surface area (Å²) in [5.74, 6) is -1.34. The van der Waals surface area contributed by atoms with Gasteiger partial charge in [0, 0.05) is 11.1 Å². The van der Waals surface area contributed by atoms with Crippen LogP contribution in [0.5, 0.6) is 11.5 Å². The molecule has 0 saturated heterocycles. The van der Waals surface area contributed by atoms with Gasteiger partial charge in [-0.25, -0.2) is 0 Å². The van der Waals surface area contributed by atoms with Gasteiger partial charge in [-0.1, -0.05) is 24.3 Å². The van der Waals surface area contributed by atoms with Crippen molar-refractivity contribution < 1.29 is 19.8 Å². The van der Waals surface area contributed by atoms with E-state index in [0.29, 0.717) is 12.0 Å². The van der Waals surface area contributed by atoms with Gasteiger partial charge >= 0.3 is 0 Å². The number of ketones is 2. The van der Waals surface area contributed by atoms with Crippen LogP contribution in [-0.4, -0.2) is 21.8 Å². The lowest BCUT2D eigenvalue weighted by molar-refractivity contribution is 0.0974. The first-order valence-electron chi connectivity index (χ1n) is 6.43.